The van der Waals surface area contributed by atoms with Crippen LogP contribution in [0, 0.1) is 6.92 Å². The molecule has 1 aromatic heterocycles. The highest BCUT2D eigenvalue weighted by Gasteiger charge is 2.14. The van der Waals surface area contributed by atoms with Gasteiger partial charge in [0.25, 0.3) is 0 Å². The van der Waals surface area contributed by atoms with Crippen LogP contribution in [-0.4, -0.2) is 21.3 Å². The van der Waals surface area contributed by atoms with Crippen molar-refractivity contribution in [1.82, 2.24) is 10.2 Å². The number of aryl methyl sites for hydroxylation is 1. The normalized spacial score (nSPS) is 10.2. The summed E-state index contributed by atoms with van der Waals surface area (Å²) in [5, 5.41) is 15.6. The zero-order valence-corrected chi connectivity index (χ0v) is 9.10. The van der Waals surface area contributed by atoms with Gasteiger partial charge in [0.1, 0.15) is 5.69 Å². The van der Waals surface area contributed by atoms with Crippen molar-refractivity contribution in [3.8, 4) is 11.3 Å². The minimum Gasteiger partial charge on any atom is -0.478 e. The van der Waals surface area contributed by atoms with Crippen LogP contribution in [0.25, 0.3) is 11.3 Å². The monoisotopic (exact) mass is 230 g/mol. The molecule has 0 amide bonds. The molecule has 2 N–H and O–H groups in total. The second-order valence-electron chi connectivity index (χ2n) is 3.61. The number of carbonyl (C=O) groups is 1. The molecule has 0 fully saturated rings. The molecule has 0 aliphatic heterocycles. The van der Waals surface area contributed by atoms with Crippen molar-refractivity contribution in [3.63, 3.8) is 0 Å². The lowest BCUT2D eigenvalue weighted by Crippen LogP contribution is -2.11. The fourth-order valence-corrected chi connectivity index (χ4v) is 1.57. The standard InChI is InChI=1S/C12H10N2O3/c1-7-6-10(15)11(14-13-7)8-4-2-3-5-9(8)12(16)17/h2-6H,1H3,(H,13,15)(H,16,17). The molecule has 0 aliphatic rings. The van der Waals surface area contributed by atoms with E-state index in [9.17, 15) is 9.59 Å². The number of aromatic amines is 1. The van der Waals surface area contributed by atoms with E-state index in [1.54, 1.807) is 25.1 Å². The maximum Gasteiger partial charge on any atom is 0.336 e. The van der Waals surface area contributed by atoms with Crippen LogP contribution < -0.4 is 5.43 Å². The molecule has 17 heavy (non-hydrogen) atoms. The van der Waals surface area contributed by atoms with Crippen molar-refractivity contribution in [2.45, 2.75) is 6.92 Å². The first-order chi connectivity index (χ1) is 8.09. The second kappa shape index (κ2) is 4.21. The van der Waals surface area contributed by atoms with Crippen LogP contribution in [0.2, 0.25) is 0 Å². The Labute approximate surface area is 96.7 Å². The minimum absolute atomic E-state index is 0.0642. The van der Waals surface area contributed by atoms with Crippen LogP contribution in [0.5, 0.6) is 0 Å². The molecule has 0 bridgehead atoms. The lowest BCUT2D eigenvalue weighted by molar-refractivity contribution is 0.0697. The fourth-order valence-electron chi connectivity index (χ4n) is 1.57. The van der Waals surface area contributed by atoms with Gasteiger partial charge in [-0.3, -0.25) is 9.89 Å². The zero-order chi connectivity index (χ0) is 12.4. The van der Waals surface area contributed by atoms with Gasteiger partial charge in [-0.05, 0) is 13.0 Å². The summed E-state index contributed by atoms with van der Waals surface area (Å²) in [5.74, 6) is -1.08. The number of aromatic nitrogens is 2. The predicted molar refractivity (Wildman–Crippen MR) is 62.0 cm³/mol. The summed E-state index contributed by atoms with van der Waals surface area (Å²) in [6, 6.07) is 7.67. The molecule has 2 aromatic rings. The first-order valence-electron chi connectivity index (χ1n) is 4.98. The van der Waals surface area contributed by atoms with E-state index in [4.69, 9.17) is 5.11 Å². The molecule has 5 heteroatoms. The molecule has 86 valence electrons. The lowest BCUT2D eigenvalue weighted by atomic mass is 10.0. The lowest BCUT2D eigenvalue weighted by Gasteiger charge is -2.04. The van der Waals surface area contributed by atoms with Gasteiger partial charge in [-0.25, -0.2) is 4.79 Å². The number of hydrogen-bond donors (Lipinski definition) is 2. The largest absolute Gasteiger partial charge is 0.478 e. The van der Waals surface area contributed by atoms with E-state index in [0.717, 1.165) is 0 Å². The van der Waals surface area contributed by atoms with Crippen molar-refractivity contribution in [2.24, 2.45) is 0 Å². The Bertz CT molecular complexity index is 632. The molecule has 1 aromatic carbocycles. The summed E-state index contributed by atoms with van der Waals surface area (Å²) in [7, 11) is 0. The van der Waals surface area contributed by atoms with E-state index in [1.807, 2.05) is 0 Å². The van der Waals surface area contributed by atoms with Crippen LogP contribution in [0.1, 0.15) is 16.1 Å². The van der Waals surface area contributed by atoms with Crippen LogP contribution in [0.15, 0.2) is 35.1 Å². The van der Waals surface area contributed by atoms with Crippen molar-refractivity contribution >= 4 is 5.97 Å². The Kier molecular flexibility index (Phi) is 2.74. The number of rotatable bonds is 2. The van der Waals surface area contributed by atoms with Crippen LogP contribution in [-0.2, 0) is 0 Å². The number of hydrogen-bond acceptors (Lipinski definition) is 3. The first-order valence-corrected chi connectivity index (χ1v) is 4.98. The van der Waals surface area contributed by atoms with Gasteiger partial charge in [0.15, 0.2) is 0 Å². The highest BCUT2D eigenvalue weighted by atomic mass is 16.4. The molecule has 0 spiro atoms. The van der Waals surface area contributed by atoms with E-state index in [2.05, 4.69) is 10.2 Å². The summed E-state index contributed by atoms with van der Waals surface area (Å²) in [6.07, 6.45) is 0. The van der Waals surface area contributed by atoms with Crippen molar-refractivity contribution in [1.29, 1.82) is 0 Å². The Morgan fingerprint density at radius 2 is 2.06 bits per heavy atom. The third-order valence-corrected chi connectivity index (χ3v) is 2.34. The smallest absolute Gasteiger partial charge is 0.336 e. The topological polar surface area (TPSA) is 83.1 Å². The number of benzene rings is 1. The molecule has 1 heterocycles. The molecule has 0 atom stereocenters. The van der Waals surface area contributed by atoms with E-state index in [0.29, 0.717) is 11.3 Å². The van der Waals surface area contributed by atoms with Gasteiger partial charge in [0, 0.05) is 17.3 Å². The number of aromatic carboxylic acids is 1. The number of carboxylic acids is 1. The Balaban J connectivity index is 2.69. The highest BCUT2D eigenvalue weighted by molar-refractivity contribution is 5.95. The van der Waals surface area contributed by atoms with Gasteiger partial charge < -0.3 is 5.11 Å². The van der Waals surface area contributed by atoms with Gasteiger partial charge in [-0.1, -0.05) is 18.2 Å². The van der Waals surface area contributed by atoms with E-state index < -0.39 is 5.97 Å². The average Bonchev–Trinajstić information content (AvgIpc) is 2.29. The third kappa shape index (κ3) is 2.08. The Hall–Kier alpha value is -2.43. The van der Waals surface area contributed by atoms with Crippen LogP contribution >= 0.6 is 0 Å². The van der Waals surface area contributed by atoms with Crippen molar-refractivity contribution in [2.75, 3.05) is 0 Å². The number of nitrogens with one attached hydrogen (secondary N) is 1. The zero-order valence-electron chi connectivity index (χ0n) is 9.10. The third-order valence-electron chi connectivity index (χ3n) is 2.34. The maximum absolute atomic E-state index is 11.7. The fraction of sp³-hybridized carbons (Fsp3) is 0.0833. The van der Waals surface area contributed by atoms with Crippen LogP contribution in [0.3, 0.4) is 0 Å². The predicted octanol–water partition coefficient (Wildman–Crippen LogP) is 1.44. The van der Waals surface area contributed by atoms with E-state index >= 15 is 0 Å². The molecular formula is C12H10N2O3. The van der Waals surface area contributed by atoms with Gasteiger partial charge in [-0.15, -0.1) is 0 Å². The summed E-state index contributed by atoms with van der Waals surface area (Å²) in [5.41, 5.74) is 0.839. The summed E-state index contributed by atoms with van der Waals surface area (Å²) in [4.78, 5) is 22.8. The Morgan fingerprint density at radius 1 is 1.35 bits per heavy atom. The molecule has 0 saturated carbocycles. The van der Waals surface area contributed by atoms with Crippen molar-refractivity contribution < 1.29 is 9.90 Å². The quantitative estimate of drug-likeness (QED) is 0.817. The maximum atomic E-state index is 11.7. The average molecular weight is 230 g/mol. The van der Waals surface area contributed by atoms with E-state index in [-0.39, 0.29) is 16.7 Å². The summed E-state index contributed by atoms with van der Waals surface area (Å²) < 4.78 is 0. The molecule has 2 rings (SSSR count). The molecule has 0 saturated heterocycles. The second-order valence-corrected chi connectivity index (χ2v) is 3.61. The van der Waals surface area contributed by atoms with Gasteiger partial charge >= 0.3 is 5.97 Å². The number of nitrogens with zero attached hydrogens (tertiary/aromatic N) is 1. The molecule has 0 radical (unpaired) electrons. The molecule has 5 nitrogen and oxygen atoms in total. The molecular weight excluding hydrogens is 220 g/mol. The summed E-state index contributed by atoms with van der Waals surface area (Å²) >= 11 is 0. The van der Waals surface area contributed by atoms with Crippen molar-refractivity contribution in [3.05, 3.63) is 51.8 Å². The summed E-state index contributed by atoms with van der Waals surface area (Å²) in [6.45, 7) is 1.71. The van der Waals surface area contributed by atoms with E-state index in [1.165, 1.54) is 12.1 Å². The number of H-pyrrole nitrogens is 1. The SMILES string of the molecule is Cc1cc(=O)c(-c2ccccc2C(=O)O)n[nH]1. The molecule has 0 aliphatic carbocycles. The van der Waals surface area contributed by atoms with Crippen LogP contribution in [0.4, 0.5) is 0 Å². The first kappa shape index (κ1) is 11.1. The Morgan fingerprint density at radius 3 is 2.71 bits per heavy atom. The van der Waals surface area contributed by atoms with Gasteiger partial charge in [0.05, 0.1) is 5.56 Å². The number of carboxylic acid groups (broad SMARTS) is 1. The van der Waals surface area contributed by atoms with Gasteiger partial charge in [0.2, 0.25) is 5.43 Å². The van der Waals surface area contributed by atoms with Gasteiger partial charge in [-0.2, -0.15) is 5.10 Å². The minimum atomic E-state index is -1.08. The highest BCUT2D eigenvalue weighted by Crippen LogP contribution is 2.18. The molecule has 0 unspecified atom stereocenters.